The van der Waals surface area contributed by atoms with Gasteiger partial charge in [0.25, 0.3) is 0 Å². The van der Waals surface area contributed by atoms with Crippen LogP contribution < -0.4 is 10.1 Å². The van der Waals surface area contributed by atoms with E-state index in [2.05, 4.69) is 10.1 Å². The summed E-state index contributed by atoms with van der Waals surface area (Å²) in [5.41, 5.74) is 0. The summed E-state index contributed by atoms with van der Waals surface area (Å²) < 4.78 is 69.3. The van der Waals surface area contributed by atoms with Gasteiger partial charge < -0.3 is 10.1 Å². The number of ketones is 1. The molecule has 0 atom stereocenters. The van der Waals surface area contributed by atoms with E-state index in [1.54, 1.807) is 0 Å². The summed E-state index contributed by atoms with van der Waals surface area (Å²) in [6.45, 7) is 0.848. The molecule has 0 heterocycles. The molecular weight excluding hydrogens is 341 g/mol. The summed E-state index contributed by atoms with van der Waals surface area (Å²) in [5, 5.41) is 2.14. The molecule has 1 aromatic rings. The minimum absolute atomic E-state index is 0.352. The molecule has 1 N–H and O–H groups in total. The topological polar surface area (TPSA) is 72.5 Å². The minimum atomic E-state index is -2.38. The predicted molar refractivity (Wildman–Crippen MR) is 69.3 cm³/mol. The van der Waals surface area contributed by atoms with Crippen LogP contribution in [0.3, 0.4) is 0 Å². The second kappa shape index (κ2) is 8.18. The van der Waals surface area contributed by atoms with Gasteiger partial charge in [-0.15, -0.1) is 0 Å². The van der Waals surface area contributed by atoms with Crippen molar-refractivity contribution in [3.63, 3.8) is 0 Å². The quantitative estimate of drug-likeness (QED) is 0.212. The molecule has 10 heteroatoms. The Hall–Kier alpha value is -2.78. The summed E-state index contributed by atoms with van der Waals surface area (Å²) in [6, 6.07) is 0. The third-order valence-corrected chi connectivity index (χ3v) is 2.48. The molecule has 1 aromatic carbocycles. The van der Waals surface area contributed by atoms with Crippen LogP contribution in [0, 0.1) is 29.1 Å². The van der Waals surface area contributed by atoms with E-state index in [1.165, 1.54) is 6.92 Å². The number of benzene rings is 1. The van der Waals surface area contributed by atoms with Crippen molar-refractivity contribution >= 4 is 17.7 Å². The van der Waals surface area contributed by atoms with Crippen molar-refractivity contribution in [2.45, 2.75) is 13.3 Å². The van der Waals surface area contributed by atoms with Gasteiger partial charge in [-0.3, -0.25) is 14.4 Å². The lowest BCUT2D eigenvalue weighted by Gasteiger charge is -2.09. The molecule has 0 aliphatic carbocycles. The Balaban J connectivity index is 2.67. The van der Waals surface area contributed by atoms with Crippen molar-refractivity contribution < 1.29 is 41.1 Å². The standard InChI is InChI=1S/C14H10F5NO4/c1-6(21)2-3-7(22)20-5-4-8(23)24-14-12(18)10(16)9(15)11(17)13(14)19/h2-3H,4-5H2,1H3,(H,20,22)/b3-2-. The number of carbonyl (C=O) groups excluding carboxylic acids is 3. The molecule has 0 aliphatic heterocycles. The third-order valence-electron chi connectivity index (χ3n) is 2.48. The predicted octanol–water partition coefficient (Wildman–Crippen LogP) is 1.94. The van der Waals surface area contributed by atoms with Crippen molar-refractivity contribution in [2.24, 2.45) is 0 Å². The zero-order valence-corrected chi connectivity index (χ0v) is 12.1. The van der Waals surface area contributed by atoms with Crippen LogP contribution in [0.15, 0.2) is 12.2 Å². The number of halogens is 5. The monoisotopic (exact) mass is 351 g/mol. The average Bonchev–Trinajstić information content (AvgIpc) is 2.53. The number of rotatable bonds is 6. The van der Waals surface area contributed by atoms with E-state index in [-0.39, 0.29) is 6.54 Å². The fraction of sp³-hybridized carbons (Fsp3) is 0.214. The van der Waals surface area contributed by atoms with E-state index in [1.807, 2.05) is 0 Å². The number of allylic oxidation sites excluding steroid dienone is 1. The van der Waals surface area contributed by atoms with Crippen LogP contribution in [0.2, 0.25) is 0 Å². The Morgan fingerprint density at radius 2 is 1.42 bits per heavy atom. The van der Waals surface area contributed by atoms with Crippen LogP contribution in [0.25, 0.3) is 0 Å². The highest BCUT2D eigenvalue weighted by Crippen LogP contribution is 2.29. The molecule has 5 nitrogen and oxygen atoms in total. The molecule has 0 aromatic heterocycles. The van der Waals surface area contributed by atoms with Gasteiger partial charge in [-0.25, -0.2) is 13.2 Å². The average molecular weight is 351 g/mol. The second-order valence-corrected chi connectivity index (χ2v) is 4.36. The number of ether oxygens (including phenoxy) is 1. The molecule has 0 bridgehead atoms. The Labute approximate surface area is 132 Å². The van der Waals surface area contributed by atoms with E-state index in [0.717, 1.165) is 12.2 Å². The highest BCUT2D eigenvalue weighted by atomic mass is 19.2. The minimum Gasteiger partial charge on any atom is -0.420 e. The van der Waals surface area contributed by atoms with E-state index < -0.39 is 58.9 Å². The van der Waals surface area contributed by atoms with Gasteiger partial charge in [0.15, 0.2) is 5.78 Å². The molecule has 1 rings (SSSR count). The van der Waals surface area contributed by atoms with Crippen LogP contribution in [0.4, 0.5) is 22.0 Å². The molecule has 0 spiro atoms. The molecule has 1 amide bonds. The second-order valence-electron chi connectivity index (χ2n) is 4.36. The first-order valence-electron chi connectivity index (χ1n) is 6.33. The van der Waals surface area contributed by atoms with Crippen molar-refractivity contribution in [1.82, 2.24) is 5.32 Å². The number of esters is 1. The molecule has 0 radical (unpaired) electrons. The van der Waals surface area contributed by atoms with Crippen LogP contribution in [0.1, 0.15) is 13.3 Å². The maximum absolute atomic E-state index is 13.3. The van der Waals surface area contributed by atoms with Crippen LogP contribution in [-0.2, 0) is 14.4 Å². The van der Waals surface area contributed by atoms with Crippen molar-refractivity contribution in [3.05, 3.63) is 41.2 Å². The molecule has 0 aliphatic rings. The summed E-state index contributed by atoms with van der Waals surface area (Å²) >= 11 is 0. The first-order valence-corrected chi connectivity index (χ1v) is 6.33. The van der Waals surface area contributed by atoms with Crippen molar-refractivity contribution in [3.8, 4) is 5.75 Å². The number of hydrogen-bond acceptors (Lipinski definition) is 4. The SMILES string of the molecule is CC(=O)/C=C\C(=O)NCCC(=O)Oc1c(F)c(F)c(F)c(F)c1F. The number of hydrogen-bond donors (Lipinski definition) is 1. The zero-order chi connectivity index (χ0) is 18.4. The van der Waals surface area contributed by atoms with Crippen LogP contribution in [-0.4, -0.2) is 24.2 Å². The zero-order valence-electron chi connectivity index (χ0n) is 12.1. The maximum atomic E-state index is 13.3. The van der Waals surface area contributed by atoms with E-state index in [4.69, 9.17) is 0 Å². The lowest BCUT2D eigenvalue weighted by atomic mass is 10.2. The van der Waals surface area contributed by atoms with Gasteiger partial charge >= 0.3 is 5.97 Å². The molecule has 0 saturated heterocycles. The Bertz CT molecular complexity index is 689. The first-order chi connectivity index (χ1) is 11.1. The summed E-state index contributed by atoms with van der Waals surface area (Å²) in [7, 11) is 0. The Kier molecular flexibility index (Phi) is 6.57. The van der Waals surface area contributed by atoms with Crippen LogP contribution in [0.5, 0.6) is 5.75 Å². The van der Waals surface area contributed by atoms with Gasteiger partial charge in [0.2, 0.25) is 40.7 Å². The molecular formula is C14H10F5NO4. The lowest BCUT2D eigenvalue weighted by molar-refractivity contribution is -0.134. The number of amides is 1. The lowest BCUT2D eigenvalue weighted by Crippen LogP contribution is -2.26. The maximum Gasteiger partial charge on any atom is 0.313 e. The number of nitrogens with one attached hydrogen (secondary N) is 1. The van der Waals surface area contributed by atoms with E-state index >= 15 is 0 Å². The van der Waals surface area contributed by atoms with Gasteiger partial charge in [-0.1, -0.05) is 0 Å². The van der Waals surface area contributed by atoms with Gasteiger partial charge in [0.1, 0.15) is 0 Å². The van der Waals surface area contributed by atoms with E-state index in [9.17, 15) is 36.3 Å². The molecule has 0 unspecified atom stereocenters. The van der Waals surface area contributed by atoms with E-state index in [0.29, 0.717) is 0 Å². The van der Waals surface area contributed by atoms with Gasteiger partial charge in [-0.05, 0) is 13.0 Å². The highest BCUT2D eigenvalue weighted by molar-refractivity contribution is 5.96. The normalized spacial score (nSPS) is 10.8. The van der Waals surface area contributed by atoms with Gasteiger partial charge in [0.05, 0.1) is 6.42 Å². The fourth-order valence-corrected chi connectivity index (χ4v) is 1.38. The Morgan fingerprint density at radius 3 is 1.92 bits per heavy atom. The smallest absolute Gasteiger partial charge is 0.313 e. The highest BCUT2D eigenvalue weighted by Gasteiger charge is 2.28. The van der Waals surface area contributed by atoms with Crippen molar-refractivity contribution in [2.75, 3.05) is 6.54 Å². The first kappa shape index (κ1) is 19.3. The Morgan fingerprint density at radius 1 is 0.917 bits per heavy atom. The van der Waals surface area contributed by atoms with Gasteiger partial charge in [-0.2, -0.15) is 8.78 Å². The van der Waals surface area contributed by atoms with Gasteiger partial charge in [0, 0.05) is 12.6 Å². The number of carbonyl (C=O) groups is 3. The largest absolute Gasteiger partial charge is 0.420 e. The summed E-state index contributed by atoms with van der Waals surface area (Å²) in [6.07, 6.45) is 1.24. The van der Waals surface area contributed by atoms with Crippen LogP contribution >= 0.6 is 0 Å². The summed E-state index contributed by atoms with van der Waals surface area (Å²) in [5.74, 6) is -15.6. The third kappa shape index (κ3) is 4.86. The molecule has 24 heavy (non-hydrogen) atoms. The molecule has 0 fully saturated rings. The van der Waals surface area contributed by atoms with Crippen molar-refractivity contribution in [1.29, 1.82) is 0 Å². The molecule has 0 saturated carbocycles. The summed E-state index contributed by atoms with van der Waals surface area (Å²) in [4.78, 5) is 33.1. The fourth-order valence-electron chi connectivity index (χ4n) is 1.38. The molecule has 130 valence electrons.